The number of hydrogen-bond donors (Lipinski definition) is 2. The summed E-state index contributed by atoms with van der Waals surface area (Å²) in [5, 5.41) is 3.47. The van der Waals surface area contributed by atoms with Gasteiger partial charge in [-0.05, 0) is 24.3 Å². The zero-order valence-corrected chi connectivity index (χ0v) is 15.2. The second-order valence-corrected chi connectivity index (χ2v) is 6.38. The molecule has 0 spiro atoms. The first-order valence-corrected chi connectivity index (χ1v) is 8.74. The van der Waals surface area contributed by atoms with Crippen molar-refractivity contribution in [3.05, 3.63) is 54.5 Å². The highest BCUT2D eigenvalue weighted by atomic mass is 32.2. The molecule has 4 aromatic heterocycles. The van der Waals surface area contributed by atoms with E-state index in [0.29, 0.717) is 11.1 Å². The zero-order chi connectivity index (χ0) is 20.6. The van der Waals surface area contributed by atoms with Crippen LogP contribution in [0.5, 0.6) is 0 Å². The Morgan fingerprint density at radius 3 is 2.62 bits per heavy atom. The quantitative estimate of drug-likeness (QED) is 0.465. The highest BCUT2D eigenvalue weighted by Gasteiger charge is 2.32. The van der Waals surface area contributed by atoms with Gasteiger partial charge in [-0.3, -0.25) is 0 Å². The molecule has 0 saturated heterocycles. The van der Waals surface area contributed by atoms with Gasteiger partial charge in [-0.15, -0.1) is 3.89 Å². The number of alkyl halides is 3. The van der Waals surface area contributed by atoms with Crippen LogP contribution in [0.2, 0.25) is 0 Å². The normalized spacial score (nSPS) is 11.7. The number of anilines is 3. The van der Waals surface area contributed by atoms with Gasteiger partial charge in [0, 0.05) is 24.1 Å². The van der Waals surface area contributed by atoms with Crippen LogP contribution in [0.1, 0.15) is 5.69 Å². The number of halogens is 4. The number of nitrogen functional groups attached to an aromatic ring is 1. The number of nitrogens with zero attached hydrogens (tertiary/aromatic N) is 5. The van der Waals surface area contributed by atoms with Crippen LogP contribution in [-0.2, 0) is 6.18 Å². The van der Waals surface area contributed by atoms with Gasteiger partial charge in [0.2, 0.25) is 0 Å². The fourth-order valence-electron chi connectivity index (χ4n) is 2.64. The topological polar surface area (TPSA) is 94.5 Å². The lowest BCUT2D eigenvalue weighted by Gasteiger charge is -2.11. The third kappa shape index (κ3) is 3.78. The van der Waals surface area contributed by atoms with Gasteiger partial charge in [-0.25, -0.2) is 23.9 Å². The van der Waals surface area contributed by atoms with Crippen molar-refractivity contribution in [2.75, 3.05) is 11.1 Å². The van der Waals surface area contributed by atoms with E-state index in [1.807, 2.05) is 0 Å². The number of hydrogen-bond acceptors (Lipinski definition) is 7. The molecular weight excluding hydrogens is 410 g/mol. The van der Waals surface area contributed by atoms with Gasteiger partial charge in [0.15, 0.2) is 23.8 Å². The first-order chi connectivity index (χ1) is 13.8. The van der Waals surface area contributed by atoms with Crippen molar-refractivity contribution in [1.82, 2.24) is 23.9 Å². The highest BCUT2D eigenvalue weighted by molar-refractivity contribution is 7.92. The van der Waals surface area contributed by atoms with E-state index < -0.39 is 11.9 Å². The van der Waals surface area contributed by atoms with E-state index >= 15 is 0 Å². The predicted molar refractivity (Wildman–Crippen MR) is 102 cm³/mol. The van der Waals surface area contributed by atoms with Crippen molar-refractivity contribution in [2.45, 2.75) is 6.18 Å². The summed E-state index contributed by atoms with van der Waals surface area (Å²) in [6.07, 6.45) is -1.71. The van der Waals surface area contributed by atoms with E-state index in [9.17, 15) is 17.1 Å². The average Bonchev–Trinajstić information content (AvgIpc) is 3.11. The number of rotatable bonds is 4. The van der Waals surface area contributed by atoms with E-state index in [-0.39, 0.29) is 41.1 Å². The SMILES string of the molecule is Nc1cc(Nc2nc(-c3cccc(C(F)(F)F)n3)nc3c2ccn3SF)ccn1. The third-order valence-corrected chi connectivity index (χ3v) is 4.34. The number of pyridine rings is 2. The zero-order valence-electron chi connectivity index (χ0n) is 14.4. The summed E-state index contributed by atoms with van der Waals surface area (Å²) in [5.41, 5.74) is 5.21. The van der Waals surface area contributed by atoms with Crippen molar-refractivity contribution in [3.8, 4) is 11.5 Å². The lowest BCUT2D eigenvalue weighted by Crippen LogP contribution is -2.09. The Labute approximate surface area is 165 Å². The molecule has 12 heteroatoms. The Morgan fingerprint density at radius 2 is 1.90 bits per heavy atom. The fourth-order valence-corrected chi connectivity index (χ4v) is 2.95. The third-order valence-electron chi connectivity index (χ3n) is 3.90. The van der Waals surface area contributed by atoms with Crippen molar-refractivity contribution in [1.29, 1.82) is 0 Å². The molecule has 0 aliphatic heterocycles. The van der Waals surface area contributed by atoms with Crippen molar-refractivity contribution in [3.63, 3.8) is 0 Å². The maximum Gasteiger partial charge on any atom is 0.433 e. The lowest BCUT2D eigenvalue weighted by molar-refractivity contribution is -0.141. The smallest absolute Gasteiger partial charge is 0.384 e. The molecule has 4 aromatic rings. The molecule has 0 aliphatic rings. The molecule has 0 bridgehead atoms. The van der Waals surface area contributed by atoms with Crippen molar-refractivity contribution < 1.29 is 17.1 Å². The minimum atomic E-state index is -4.62. The van der Waals surface area contributed by atoms with Gasteiger partial charge in [-0.2, -0.15) is 13.2 Å². The monoisotopic (exact) mass is 421 g/mol. The molecule has 0 radical (unpaired) electrons. The first-order valence-electron chi connectivity index (χ1n) is 8.06. The molecule has 3 N–H and O–H groups in total. The summed E-state index contributed by atoms with van der Waals surface area (Å²) < 4.78 is 53.4. The number of aromatic nitrogens is 5. The van der Waals surface area contributed by atoms with Crippen LogP contribution in [-0.4, -0.2) is 23.9 Å². The Kier molecular flexibility index (Phi) is 4.70. The van der Waals surface area contributed by atoms with Gasteiger partial charge in [-0.1, -0.05) is 6.07 Å². The minimum absolute atomic E-state index is 0.0953. The van der Waals surface area contributed by atoms with Gasteiger partial charge in [0.1, 0.15) is 23.0 Å². The molecule has 4 rings (SSSR count). The van der Waals surface area contributed by atoms with Crippen LogP contribution in [0.3, 0.4) is 0 Å². The standard InChI is InChI=1S/C17H11F4N7S/c18-17(19,20)12-3-1-2-11(25-12)15-26-14(24-9-4-6-23-13(22)8-9)10-5-7-28(29-21)16(10)27-15/h1-8H,(H3,22,23,24,26,27). The predicted octanol–water partition coefficient (Wildman–Crippen LogP) is 4.61. The second kappa shape index (κ2) is 7.20. The minimum Gasteiger partial charge on any atom is -0.384 e. The average molecular weight is 421 g/mol. The Morgan fingerprint density at radius 1 is 1.07 bits per heavy atom. The van der Waals surface area contributed by atoms with Crippen molar-refractivity contribution in [2.24, 2.45) is 0 Å². The van der Waals surface area contributed by atoms with E-state index in [1.165, 1.54) is 24.5 Å². The highest BCUT2D eigenvalue weighted by Crippen LogP contribution is 2.32. The molecule has 4 heterocycles. The van der Waals surface area contributed by atoms with Crippen LogP contribution in [0.15, 0.2) is 48.8 Å². The van der Waals surface area contributed by atoms with Crippen LogP contribution in [0.4, 0.5) is 34.4 Å². The summed E-state index contributed by atoms with van der Waals surface area (Å²) in [6, 6.07) is 8.17. The van der Waals surface area contributed by atoms with E-state index in [0.717, 1.165) is 10.0 Å². The summed E-state index contributed by atoms with van der Waals surface area (Å²) >= 11 is -0.0981. The second-order valence-electron chi connectivity index (χ2n) is 5.84. The van der Waals surface area contributed by atoms with Crippen LogP contribution >= 0.6 is 12.3 Å². The molecule has 0 amide bonds. The fraction of sp³-hybridized carbons (Fsp3) is 0.0588. The van der Waals surface area contributed by atoms with Gasteiger partial charge >= 0.3 is 6.18 Å². The maximum atomic E-state index is 13.3. The molecule has 0 saturated carbocycles. The van der Waals surface area contributed by atoms with E-state index in [1.54, 1.807) is 18.2 Å². The molecular formula is C17H11F4N7S. The molecule has 0 aliphatic carbocycles. The summed E-state index contributed by atoms with van der Waals surface area (Å²) in [6.45, 7) is 0. The van der Waals surface area contributed by atoms with Crippen LogP contribution in [0.25, 0.3) is 22.6 Å². The van der Waals surface area contributed by atoms with E-state index in [4.69, 9.17) is 5.73 Å². The van der Waals surface area contributed by atoms with Gasteiger partial charge < -0.3 is 11.1 Å². The Balaban J connectivity index is 1.87. The molecule has 0 atom stereocenters. The van der Waals surface area contributed by atoms with E-state index in [2.05, 4.69) is 25.3 Å². The molecule has 148 valence electrons. The molecule has 0 fully saturated rings. The largest absolute Gasteiger partial charge is 0.433 e. The summed E-state index contributed by atoms with van der Waals surface area (Å²) in [5.74, 6) is 0.418. The molecule has 7 nitrogen and oxygen atoms in total. The molecule has 29 heavy (non-hydrogen) atoms. The summed E-state index contributed by atoms with van der Waals surface area (Å²) in [7, 11) is 0. The first kappa shape index (κ1) is 18.9. The molecule has 0 unspecified atom stereocenters. The maximum absolute atomic E-state index is 13.3. The number of fused-ring (bicyclic) bond motifs is 1. The number of nitrogens with one attached hydrogen (secondary N) is 1. The van der Waals surface area contributed by atoms with Gasteiger partial charge in [0.05, 0.1) is 5.39 Å². The Bertz CT molecular complexity index is 1190. The van der Waals surface area contributed by atoms with Crippen molar-refractivity contribution >= 4 is 40.7 Å². The lowest BCUT2D eigenvalue weighted by atomic mass is 10.2. The van der Waals surface area contributed by atoms with Crippen LogP contribution in [0, 0.1) is 0 Å². The number of nitrogens with two attached hydrogens (primary N) is 1. The van der Waals surface area contributed by atoms with Crippen LogP contribution < -0.4 is 11.1 Å². The van der Waals surface area contributed by atoms with Gasteiger partial charge in [0.25, 0.3) is 0 Å². The summed E-state index contributed by atoms with van der Waals surface area (Å²) in [4.78, 5) is 16.0. The Hall–Kier alpha value is -3.41. The molecule has 0 aromatic carbocycles.